The molecule has 0 unspecified atom stereocenters. The fourth-order valence-corrected chi connectivity index (χ4v) is 4.35. The highest BCUT2D eigenvalue weighted by Gasteiger charge is 2.14. The molecule has 0 aliphatic carbocycles. The topological polar surface area (TPSA) is 48.5 Å². The van der Waals surface area contributed by atoms with Crippen LogP contribution in [0.3, 0.4) is 0 Å². The van der Waals surface area contributed by atoms with E-state index in [1.165, 1.54) is 5.56 Å². The average Bonchev–Trinajstić information content (AvgIpc) is 3.35. The van der Waals surface area contributed by atoms with E-state index >= 15 is 0 Å². The lowest BCUT2D eigenvalue weighted by Gasteiger charge is -2.09. The monoisotopic (exact) mass is 415 g/mol. The average molecular weight is 416 g/mol. The van der Waals surface area contributed by atoms with Crippen LogP contribution in [0.25, 0.3) is 33.6 Å². The van der Waals surface area contributed by atoms with E-state index in [1.807, 2.05) is 30.9 Å². The van der Waals surface area contributed by atoms with E-state index in [4.69, 9.17) is 0 Å². The Morgan fingerprint density at radius 2 is 1.90 bits per heavy atom. The number of fused-ring (bicyclic) bond motifs is 1. The summed E-state index contributed by atoms with van der Waals surface area (Å²) in [7, 11) is 2.02. The number of hydrogen-bond donors (Lipinski definition) is 0. The summed E-state index contributed by atoms with van der Waals surface area (Å²) in [6.45, 7) is 12.4. The van der Waals surface area contributed by atoms with Crippen molar-refractivity contribution in [2.75, 3.05) is 5.75 Å². The van der Waals surface area contributed by atoms with Gasteiger partial charge < -0.3 is 4.57 Å². The quantitative estimate of drug-likeness (QED) is 0.364. The lowest BCUT2D eigenvalue weighted by Crippen LogP contribution is -1.98. The van der Waals surface area contributed by atoms with Gasteiger partial charge in [0, 0.05) is 29.4 Å². The molecule has 0 N–H and O–H groups in total. The van der Waals surface area contributed by atoms with Gasteiger partial charge in [0.15, 0.2) is 11.0 Å². The molecular weight excluding hydrogens is 390 g/mol. The molecule has 0 atom stereocenters. The van der Waals surface area contributed by atoms with Crippen molar-refractivity contribution in [1.82, 2.24) is 24.5 Å². The zero-order chi connectivity index (χ0) is 21.3. The lowest BCUT2D eigenvalue weighted by molar-refractivity contribution is 0.794. The molecule has 152 valence electrons. The number of aromatic nitrogens is 5. The maximum absolute atomic E-state index is 4.45. The predicted octanol–water partition coefficient (Wildman–Crippen LogP) is 5.69. The third-order valence-corrected chi connectivity index (χ3v) is 6.30. The summed E-state index contributed by atoms with van der Waals surface area (Å²) >= 11 is 1.65. The molecule has 4 aromatic rings. The Morgan fingerprint density at radius 1 is 1.10 bits per heavy atom. The molecule has 5 nitrogen and oxygen atoms in total. The largest absolute Gasteiger partial charge is 0.305 e. The minimum atomic E-state index is 0.730. The van der Waals surface area contributed by atoms with Crippen LogP contribution < -0.4 is 0 Å². The van der Waals surface area contributed by atoms with Gasteiger partial charge in [-0.1, -0.05) is 68.2 Å². The molecule has 4 rings (SSSR count). The Labute approximate surface area is 181 Å². The van der Waals surface area contributed by atoms with Crippen molar-refractivity contribution < 1.29 is 0 Å². The standard InChI is InChI=1S/C24H25N5S/c1-6-18-9-7-8-10-21(18)23-26-27-24(28(23)5)30-15-17(4)19-11-12-20-14-25-29(16(2)3)22(20)13-19/h7-14H,2,4,6,15H2,1,3,5H3. The van der Waals surface area contributed by atoms with E-state index in [0.29, 0.717) is 0 Å². The predicted molar refractivity (Wildman–Crippen MR) is 126 cm³/mol. The first-order valence-corrected chi connectivity index (χ1v) is 10.9. The first-order valence-electron chi connectivity index (χ1n) is 9.92. The molecule has 2 aromatic heterocycles. The fraction of sp³-hybridized carbons (Fsp3) is 0.208. The summed E-state index contributed by atoms with van der Waals surface area (Å²) in [5.74, 6) is 1.63. The summed E-state index contributed by atoms with van der Waals surface area (Å²) in [5.41, 5.74) is 6.48. The van der Waals surface area contributed by atoms with Crippen LogP contribution in [-0.2, 0) is 13.5 Å². The molecule has 0 fully saturated rings. The second-order valence-corrected chi connectivity index (χ2v) is 8.28. The van der Waals surface area contributed by atoms with E-state index in [2.05, 4.69) is 76.3 Å². The van der Waals surface area contributed by atoms with E-state index in [1.54, 1.807) is 11.8 Å². The van der Waals surface area contributed by atoms with Crippen LogP contribution in [0.5, 0.6) is 0 Å². The number of rotatable bonds is 7. The summed E-state index contributed by atoms with van der Waals surface area (Å²) in [6, 6.07) is 14.7. The van der Waals surface area contributed by atoms with Gasteiger partial charge in [-0.3, -0.25) is 0 Å². The lowest BCUT2D eigenvalue weighted by atomic mass is 10.1. The van der Waals surface area contributed by atoms with E-state index in [-0.39, 0.29) is 0 Å². The van der Waals surface area contributed by atoms with Crippen LogP contribution in [0, 0.1) is 0 Å². The first kappa shape index (κ1) is 20.2. The molecule has 0 radical (unpaired) electrons. The Balaban J connectivity index is 1.53. The number of nitrogens with zero attached hydrogens (tertiary/aromatic N) is 5. The van der Waals surface area contributed by atoms with Crippen molar-refractivity contribution in [2.24, 2.45) is 7.05 Å². The molecule has 0 saturated carbocycles. The van der Waals surface area contributed by atoms with E-state index < -0.39 is 0 Å². The Bertz CT molecular complexity index is 1250. The Hall–Kier alpha value is -3.12. The first-order chi connectivity index (χ1) is 14.5. The van der Waals surface area contributed by atoms with E-state index in [9.17, 15) is 0 Å². The Kier molecular flexibility index (Phi) is 5.59. The maximum Gasteiger partial charge on any atom is 0.191 e. The van der Waals surface area contributed by atoms with Gasteiger partial charge in [-0.2, -0.15) is 5.10 Å². The van der Waals surface area contributed by atoms with Crippen molar-refractivity contribution in [1.29, 1.82) is 0 Å². The van der Waals surface area contributed by atoms with Crippen LogP contribution in [0.2, 0.25) is 0 Å². The molecule has 0 spiro atoms. The van der Waals surface area contributed by atoms with Crippen molar-refractivity contribution in [3.8, 4) is 11.4 Å². The highest BCUT2D eigenvalue weighted by Crippen LogP contribution is 2.29. The van der Waals surface area contributed by atoms with Crippen LogP contribution in [0.1, 0.15) is 25.0 Å². The molecule has 0 saturated heterocycles. The van der Waals surface area contributed by atoms with Gasteiger partial charge >= 0.3 is 0 Å². The van der Waals surface area contributed by atoms with Crippen molar-refractivity contribution in [3.05, 3.63) is 72.9 Å². The molecule has 30 heavy (non-hydrogen) atoms. The van der Waals surface area contributed by atoms with Gasteiger partial charge in [-0.05, 0) is 36.1 Å². The minimum absolute atomic E-state index is 0.730. The van der Waals surface area contributed by atoms with Gasteiger partial charge in [0.25, 0.3) is 0 Å². The number of thioether (sulfide) groups is 1. The fourth-order valence-electron chi connectivity index (χ4n) is 3.50. The SMILES string of the molecule is C=C(CSc1nnc(-c2ccccc2CC)n1C)c1ccc2cnn(C(=C)C)c2c1. The van der Waals surface area contributed by atoms with Gasteiger partial charge in [-0.15, -0.1) is 10.2 Å². The zero-order valence-corrected chi connectivity index (χ0v) is 18.4. The normalized spacial score (nSPS) is 11.2. The van der Waals surface area contributed by atoms with Gasteiger partial charge in [0.2, 0.25) is 0 Å². The third kappa shape index (κ3) is 3.71. The van der Waals surface area contributed by atoms with Crippen molar-refractivity contribution in [3.63, 3.8) is 0 Å². The summed E-state index contributed by atoms with van der Waals surface area (Å²) in [4.78, 5) is 0. The van der Waals surface area contributed by atoms with Gasteiger partial charge in [0.1, 0.15) is 0 Å². The number of hydrogen-bond acceptors (Lipinski definition) is 4. The second kappa shape index (κ2) is 8.32. The van der Waals surface area contributed by atoms with Crippen molar-refractivity contribution in [2.45, 2.75) is 25.4 Å². The second-order valence-electron chi connectivity index (χ2n) is 7.33. The molecule has 0 amide bonds. The summed E-state index contributed by atoms with van der Waals surface area (Å²) < 4.78 is 3.92. The zero-order valence-electron chi connectivity index (χ0n) is 17.6. The maximum atomic E-state index is 4.45. The third-order valence-electron chi connectivity index (χ3n) is 5.19. The highest BCUT2D eigenvalue weighted by atomic mass is 32.2. The molecule has 0 aliphatic heterocycles. The number of aryl methyl sites for hydroxylation is 1. The molecule has 6 heteroatoms. The minimum Gasteiger partial charge on any atom is -0.305 e. The summed E-state index contributed by atoms with van der Waals surface area (Å²) in [5, 5.41) is 15.3. The molecule has 2 aromatic carbocycles. The van der Waals surface area contributed by atoms with Crippen LogP contribution in [0.4, 0.5) is 0 Å². The smallest absolute Gasteiger partial charge is 0.191 e. The van der Waals surface area contributed by atoms with Crippen LogP contribution >= 0.6 is 11.8 Å². The molecule has 0 bridgehead atoms. The highest BCUT2D eigenvalue weighted by molar-refractivity contribution is 7.99. The number of allylic oxidation sites excluding steroid dienone is 1. The van der Waals surface area contributed by atoms with Crippen LogP contribution in [-0.4, -0.2) is 30.3 Å². The molecule has 2 heterocycles. The van der Waals surface area contributed by atoms with E-state index in [0.717, 1.165) is 56.5 Å². The van der Waals surface area contributed by atoms with Crippen LogP contribution in [0.15, 0.2) is 67.0 Å². The number of benzene rings is 2. The molecule has 0 aliphatic rings. The molecular formula is C24H25N5S. The Morgan fingerprint density at radius 3 is 2.67 bits per heavy atom. The van der Waals surface area contributed by atoms with Gasteiger partial charge in [-0.25, -0.2) is 4.68 Å². The van der Waals surface area contributed by atoms with Crippen molar-refractivity contribution >= 4 is 33.9 Å². The van der Waals surface area contributed by atoms with Gasteiger partial charge in [0.05, 0.1) is 11.7 Å². The summed E-state index contributed by atoms with van der Waals surface area (Å²) in [6.07, 6.45) is 2.83.